The number of aromatic carboxylic acids is 1. The third kappa shape index (κ3) is 3.51. The Morgan fingerprint density at radius 1 is 1.17 bits per heavy atom. The number of nitrogens with one attached hydrogen (secondary N) is 1. The highest BCUT2D eigenvalue weighted by atomic mass is 16.4. The van der Waals surface area contributed by atoms with Gasteiger partial charge in [-0.3, -0.25) is 4.79 Å². The number of rotatable bonds is 5. The van der Waals surface area contributed by atoms with Crippen LogP contribution in [0.15, 0.2) is 48.5 Å². The minimum atomic E-state index is -0.999. The summed E-state index contributed by atoms with van der Waals surface area (Å²) in [7, 11) is 0. The number of carboxylic acid groups (broad SMARTS) is 1. The number of hydrogen-bond acceptors (Lipinski definition) is 3. The Morgan fingerprint density at radius 3 is 2.61 bits per heavy atom. The monoisotopic (exact) mass is 310 g/mol. The van der Waals surface area contributed by atoms with Crippen LogP contribution in [-0.2, 0) is 11.3 Å². The lowest BCUT2D eigenvalue weighted by atomic mass is 10.1. The van der Waals surface area contributed by atoms with Gasteiger partial charge < -0.3 is 15.3 Å². The first kappa shape index (κ1) is 15.1. The molecule has 1 aliphatic heterocycles. The highest BCUT2D eigenvalue weighted by Gasteiger charge is 2.23. The summed E-state index contributed by atoms with van der Waals surface area (Å²) < 4.78 is 0. The fraction of sp³-hybridized carbons (Fsp3) is 0.222. The van der Waals surface area contributed by atoms with Gasteiger partial charge in [0.25, 0.3) is 0 Å². The van der Waals surface area contributed by atoms with Gasteiger partial charge in [-0.15, -0.1) is 0 Å². The van der Waals surface area contributed by atoms with E-state index < -0.39 is 5.97 Å². The molecule has 1 saturated heterocycles. The molecular formula is C18H18N2O3. The molecule has 0 aliphatic carbocycles. The number of carboxylic acids is 1. The highest BCUT2D eigenvalue weighted by Crippen LogP contribution is 2.27. The summed E-state index contributed by atoms with van der Waals surface area (Å²) in [4.78, 5) is 24.9. The molecule has 118 valence electrons. The Hall–Kier alpha value is -2.82. The maximum atomic E-state index is 11.9. The highest BCUT2D eigenvalue weighted by molar-refractivity contribution is 5.98. The van der Waals surface area contributed by atoms with Crippen molar-refractivity contribution in [2.75, 3.05) is 16.8 Å². The van der Waals surface area contributed by atoms with E-state index >= 15 is 0 Å². The van der Waals surface area contributed by atoms with Crippen LogP contribution in [0.2, 0.25) is 0 Å². The molecule has 1 amide bonds. The summed E-state index contributed by atoms with van der Waals surface area (Å²) in [6.45, 7) is 1.23. The van der Waals surface area contributed by atoms with E-state index in [-0.39, 0.29) is 11.5 Å². The predicted octanol–water partition coefficient (Wildman–Crippen LogP) is 3.12. The standard InChI is InChI=1S/C18H18N2O3/c21-17-7-4-8-20(17)16-10-14(18(22)23)9-15(11-16)19-12-13-5-2-1-3-6-13/h1-3,5-6,9-11,19H,4,7-8,12H2,(H,22,23). The van der Waals surface area contributed by atoms with E-state index in [2.05, 4.69) is 5.32 Å². The summed E-state index contributed by atoms with van der Waals surface area (Å²) >= 11 is 0. The number of benzene rings is 2. The van der Waals surface area contributed by atoms with Gasteiger partial charge >= 0.3 is 5.97 Å². The van der Waals surface area contributed by atoms with Gasteiger partial charge in [-0.05, 0) is 30.2 Å². The van der Waals surface area contributed by atoms with Gasteiger partial charge in [0.05, 0.1) is 5.56 Å². The first-order valence-corrected chi connectivity index (χ1v) is 7.60. The van der Waals surface area contributed by atoms with Crippen molar-refractivity contribution in [3.05, 3.63) is 59.7 Å². The summed E-state index contributed by atoms with van der Waals surface area (Å²) in [6.07, 6.45) is 1.33. The fourth-order valence-corrected chi connectivity index (χ4v) is 2.71. The Balaban J connectivity index is 1.85. The van der Waals surface area contributed by atoms with E-state index in [9.17, 15) is 14.7 Å². The van der Waals surface area contributed by atoms with Gasteiger partial charge in [-0.25, -0.2) is 4.79 Å². The Morgan fingerprint density at radius 2 is 1.96 bits per heavy atom. The molecule has 1 fully saturated rings. The first-order chi connectivity index (χ1) is 11.1. The zero-order chi connectivity index (χ0) is 16.2. The van der Waals surface area contributed by atoms with Crippen LogP contribution < -0.4 is 10.2 Å². The van der Waals surface area contributed by atoms with Gasteiger partial charge in [-0.2, -0.15) is 0 Å². The Labute approximate surface area is 134 Å². The summed E-state index contributed by atoms with van der Waals surface area (Å²) in [5.41, 5.74) is 2.62. The number of anilines is 2. The van der Waals surface area contributed by atoms with E-state index in [4.69, 9.17) is 0 Å². The van der Waals surface area contributed by atoms with Gasteiger partial charge in [0.2, 0.25) is 5.91 Å². The third-order valence-electron chi connectivity index (χ3n) is 3.89. The SMILES string of the molecule is O=C(O)c1cc(NCc2ccccc2)cc(N2CCCC2=O)c1. The van der Waals surface area contributed by atoms with Crippen molar-refractivity contribution in [3.63, 3.8) is 0 Å². The second kappa shape index (κ2) is 6.52. The van der Waals surface area contributed by atoms with Crippen molar-refractivity contribution in [2.24, 2.45) is 0 Å². The summed E-state index contributed by atoms with van der Waals surface area (Å²) in [6, 6.07) is 14.8. The largest absolute Gasteiger partial charge is 0.478 e. The molecule has 1 aliphatic rings. The summed E-state index contributed by atoms with van der Waals surface area (Å²) in [5.74, 6) is -0.956. The zero-order valence-electron chi connectivity index (χ0n) is 12.7. The van der Waals surface area contributed by atoms with Gasteiger partial charge in [0.15, 0.2) is 0 Å². The Kier molecular flexibility index (Phi) is 4.28. The fourth-order valence-electron chi connectivity index (χ4n) is 2.71. The molecule has 0 aromatic heterocycles. The second-order valence-electron chi connectivity index (χ2n) is 5.56. The smallest absolute Gasteiger partial charge is 0.335 e. The van der Waals surface area contributed by atoms with Crippen LogP contribution in [0.4, 0.5) is 11.4 Å². The summed E-state index contributed by atoms with van der Waals surface area (Å²) in [5, 5.41) is 12.5. The van der Waals surface area contributed by atoms with Crippen molar-refractivity contribution < 1.29 is 14.7 Å². The zero-order valence-corrected chi connectivity index (χ0v) is 12.7. The second-order valence-corrected chi connectivity index (χ2v) is 5.56. The minimum absolute atomic E-state index is 0.0431. The van der Waals surface area contributed by atoms with Gasteiger partial charge in [0.1, 0.15) is 0 Å². The molecule has 2 N–H and O–H groups in total. The third-order valence-corrected chi connectivity index (χ3v) is 3.89. The van der Waals surface area contributed by atoms with Crippen molar-refractivity contribution in [3.8, 4) is 0 Å². The van der Waals surface area contributed by atoms with E-state index in [0.717, 1.165) is 12.0 Å². The number of nitrogens with zero attached hydrogens (tertiary/aromatic N) is 1. The lowest BCUT2D eigenvalue weighted by Crippen LogP contribution is -2.24. The predicted molar refractivity (Wildman–Crippen MR) is 88.8 cm³/mol. The lowest BCUT2D eigenvalue weighted by Gasteiger charge is -2.18. The van der Waals surface area contributed by atoms with E-state index in [0.29, 0.717) is 30.9 Å². The normalized spacial score (nSPS) is 14.1. The molecule has 0 unspecified atom stereocenters. The van der Waals surface area contributed by atoms with E-state index in [1.54, 1.807) is 17.0 Å². The van der Waals surface area contributed by atoms with Gasteiger partial charge in [0, 0.05) is 30.9 Å². The van der Waals surface area contributed by atoms with Crippen molar-refractivity contribution in [1.29, 1.82) is 0 Å². The Bertz CT molecular complexity index is 728. The molecule has 0 bridgehead atoms. The minimum Gasteiger partial charge on any atom is -0.478 e. The molecule has 5 nitrogen and oxygen atoms in total. The van der Waals surface area contributed by atoms with Crippen molar-refractivity contribution in [2.45, 2.75) is 19.4 Å². The molecule has 5 heteroatoms. The van der Waals surface area contributed by atoms with Crippen molar-refractivity contribution >= 4 is 23.3 Å². The average Bonchev–Trinajstić information content (AvgIpc) is 3.00. The number of hydrogen-bond donors (Lipinski definition) is 2. The van der Waals surface area contributed by atoms with Crippen LogP contribution in [-0.4, -0.2) is 23.5 Å². The molecule has 0 spiro atoms. The molecule has 0 radical (unpaired) electrons. The maximum absolute atomic E-state index is 11.9. The molecule has 0 saturated carbocycles. The van der Waals surface area contributed by atoms with Crippen LogP contribution >= 0.6 is 0 Å². The first-order valence-electron chi connectivity index (χ1n) is 7.60. The average molecular weight is 310 g/mol. The van der Waals surface area contributed by atoms with Crippen LogP contribution in [0, 0.1) is 0 Å². The lowest BCUT2D eigenvalue weighted by molar-refractivity contribution is -0.117. The number of amides is 1. The molecule has 1 heterocycles. The maximum Gasteiger partial charge on any atom is 0.335 e. The molecular weight excluding hydrogens is 292 g/mol. The number of carbonyl (C=O) groups is 2. The topological polar surface area (TPSA) is 69.6 Å². The van der Waals surface area contributed by atoms with Crippen LogP contribution in [0.1, 0.15) is 28.8 Å². The molecule has 3 rings (SSSR count). The van der Waals surface area contributed by atoms with E-state index in [1.165, 1.54) is 0 Å². The molecule has 23 heavy (non-hydrogen) atoms. The number of carbonyl (C=O) groups excluding carboxylic acids is 1. The molecule has 0 atom stereocenters. The van der Waals surface area contributed by atoms with Crippen molar-refractivity contribution in [1.82, 2.24) is 0 Å². The van der Waals surface area contributed by atoms with Crippen LogP contribution in [0.5, 0.6) is 0 Å². The molecule has 2 aromatic rings. The molecule has 2 aromatic carbocycles. The van der Waals surface area contributed by atoms with Crippen LogP contribution in [0.25, 0.3) is 0 Å². The quantitative estimate of drug-likeness (QED) is 0.890. The van der Waals surface area contributed by atoms with E-state index in [1.807, 2.05) is 36.4 Å². The van der Waals surface area contributed by atoms with Crippen LogP contribution in [0.3, 0.4) is 0 Å². The van der Waals surface area contributed by atoms with Gasteiger partial charge in [-0.1, -0.05) is 30.3 Å².